The van der Waals surface area contributed by atoms with Crippen molar-refractivity contribution in [1.82, 2.24) is 0 Å². The second-order valence-corrected chi connectivity index (χ2v) is 3.97. The maximum absolute atomic E-state index is 12.7. The smallest absolute Gasteiger partial charge is 0.246 e. The van der Waals surface area contributed by atoms with Crippen LogP contribution < -0.4 is 5.32 Å². The highest BCUT2D eigenvalue weighted by molar-refractivity contribution is 5.97. The maximum atomic E-state index is 12.7. The van der Waals surface area contributed by atoms with Gasteiger partial charge in [0.2, 0.25) is 5.91 Å². The zero-order valence-electron chi connectivity index (χ0n) is 10.0. The van der Waals surface area contributed by atoms with Gasteiger partial charge in [-0.3, -0.25) is 4.79 Å². The highest BCUT2D eigenvalue weighted by Gasteiger charge is 2.19. The number of amides is 1. The molecule has 2 aromatic rings. The van der Waals surface area contributed by atoms with Crippen molar-refractivity contribution in [3.63, 3.8) is 0 Å². The van der Waals surface area contributed by atoms with Crippen molar-refractivity contribution < 1.29 is 9.18 Å². The molecule has 2 rings (SSSR count). The number of halogens is 1. The van der Waals surface area contributed by atoms with Gasteiger partial charge in [0.05, 0.1) is 6.07 Å². The summed E-state index contributed by atoms with van der Waals surface area (Å²) < 4.78 is 12.7. The highest BCUT2D eigenvalue weighted by atomic mass is 19.1. The predicted octanol–water partition coefficient (Wildman–Crippen LogP) is 3.07. The largest absolute Gasteiger partial charge is 0.325 e. The van der Waals surface area contributed by atoms with E-state index < -0.39 is 11.8 Å². The molecule has 0 aliphatic carbocycles. The number of rotatable bonds is 3. The van der Waals surface area contributed by atoms with Crippen LogP contribution in [0.15, 0.2) is 54.6 Å². The van der Waals surface area contributed by atoms with Gasteiger partial charge in [0.25, 0.3) is 0 Å². The van der Waals surface area contributed by atoms with E-state index in [0.717, 1.165) is 0 Å². The van der Waals surface area contributed by atoms with Crippen LogP contribution in [0.1, 0.15) is 11.5 Å². The first kappa shape index (κ1) is 12.8. The molecule has 0 spiro atoms. The lowest BCUT2D eigenvalue weighted by Crippen LogP contribution is -2.19. The quantitative estimate of drug-likeness (QED) is 0.915. The van der Waals surface area contributed by atoms with E-state index in [1.165, 1.54) is 24.3 Å². The number of carbonyl (C=O) groups is 1. The van der Waals surface area contributed by atoms with Crippen LogP contribution in [-0.2, 0) is 4.79 Å². The topological polar surface area (TPSA) is 52.9 Å². The first-order chi connectivity index (χ1) is 9.20. The molecule has 0 saturated heterocycles. The summed E-state index contributed by atoms with van der Waals surface area (Å²) in [6, 6.07) is 16.2. The molecule has 94 valence electrons. The van der Waals surface area contributed by atoms with Gasteiger partial charge in [-0.05, 0) is 29.8 Å². The lowest BCUT2D eigenvalue weighted by molar-refractivity contribution is -0.116. The average Bonchev–Trinajstić information content (AvgIpc) is 2.43. The van der Waals surface area contributed by atoms with Crippen molar-refractivity contribution in [2.45, 2.75) is 5.92 Å². The summed E-state index contributed by atoms with van der Waals surface area (Å²) >= 11 is 0. The SMILES string of the molecule is N#CC(C(=O)Nc1ccc(F)cc1)c1ccccc1. The normalized spacial score (nSPS) is 11.4. The number of nitrogens with one attached hydrogen (secondary N) is 1. The molecule has 2 aromatic carbocycles. The van der Waals surface area contributed by atoms with Crippen LogP contribution in [0.3, 0.4) is 0 Å². The lowest BCUT2D eigenvalue weighted by atomic mass is 10.00. The minimum absolute atomic E-state index is 0.377. The van der Waals surface area contributed by atoms with E-state index >= 15 is 0 Å². The Labute approximate surface area is 110 Å². The molecule has 0 radical (unpaired) electrons. The number of anilines is 1. The van der Waals surface area contributed by atoms with Crippen molar-refractivity contribution in [3.05, 3.63) is 66.0 Å². The van der Waals surface area contributed by atoms with E-state index in [1.807, 2.05) is 12.1 Å². The zero-order chi connectivity index (χ0) is 13.7. The van der Waals surface area contributed by atoms with Gasteiger partial charge in [0.15, 0.2) is 5.92 Å². The van der Waals surface area contributed by atoms with Crippen molar-refractivity contribution in [3.8, 4) is 6.07 Å². The minimum Gasteiger partial charge on any atom is -0.325 e. The van der Waals surface area contributed by atoms with Gasteiger partial charge < -0.3 is 5.32 Å². The first-order valence-electron chi connectivity index (χ1n) is 5.71. The Bertz CT molecular complexity index is 602. The number of hydrogen-bond acceptors (Lipinski definition) is 2. The molecule has 0 heterocycles. The van der Waals surface area contributed by atoms with E-state index in [9.17, 15) is 9.18 Å². The van der Waals surface area contributed by atoms with Gasteiger partial charge in [-0.15, -0.1) is 0 Å². The van der Waals surface area contributed by atoms with Gasteiger partial charge in [0.1, 0.15) is 5.82 Å². The number of benzene rings is 2. The Morgan fingerprint density at radius 1 is 1.11 bits per heavy atom. The third-order valence-electron chi connectivity index (χ3n) is 2.64. The molecule has 3 nitrogen and oxygen atoms in total. The fraction of sp³-hybridized carbons (Fsp3) is 0.0667. The fourth-order valence-electron chi connectivity index (χ4n) is 1.68. The van der Waals surface area contributed by atoms with Crippen LogP contribution >= 0.6 is 0 Å². The van der Waals surface area contributed by atoms with Crippen molar-refractivity contribution in [2.75, 3.05) is 5.32 Å². The molecule has 0 fully saturated rings. The molecule has 1 unspecified atom stereocenters. The van der Waals surface area contributed by atoms with Gasteiger partial charge in [-0.1, -0.05) is 30.3 Å². The Balaban J connectivity index is 2.14. The average molecular weight is 254 g/mol. The molecule has 4 heteroatoms. The Morgan fingerprint density at radius 2 is 1.74 bits per heavy atom. The fourth-order valence-corrected chi connectivity index (χ4v) is 1.68. The van der Waals surface area contributed by atoms with Crippen LogP contribution in [-0.4, -0.2) is 5.91 Å². The van der Waals surface area contributed by atoms with E-state index in [-0.39, 0.29) is 5.82 Å². The summed E-state index contributed by atoms with van der Waals surface area (Å²) in [6.07, 6.45) is 0. The second kappa shape index (κ2) is 5.78. The molecule has 1 N–H and O–H groups in total. The summed E-state index contributed by atoms with van der Waals surface area (Å²) in [5.41, 5.74) is 1.09. The summed E-state index contributed by atoms with van der Waals surface area (Å²) in [4.78, 5) is 12.0. The molecular weight excluding hydrogens is 243 g/mol. The van der Waals surface area contributed by atoms with Crippen LogP contribution in [0.25, 0.3) is 0 Å². The molecule has 0 aliphatic rings. The van der Waals surface area contributed by atoms with Gasteiger partial charge in [0, 0.05) is 5.69 Å². The summed E-state index contributed by atoms with van der Waals surface area (Å²) in [7, 11) is 0. The van der Waals surface area contributed by atoms with Crippen molar-refractivity contribution in [2.24, 2.45) is 0 Å². The summed E-state index contributed by atoms with van der Waals surface area (Å²) in [5.74, 6) is -1.69. The molecule has 0 saturated carbocycles. The van der Waals surface area contributed by atoms with Gasteiger partial charge in [-0.25, -0.2) is 4.39 Å². The number of hydrogen-bond donors (Lipinski definition) is 1. The predicted molar refractivity (Wildman–Crippen MR) is 69.8 cm³/mol. The zero-order valence-corrected chi connectivity index (χ0v) is 10.0. The molecule has 0 aromatic heterocycles. The van der Waals surface area contributed by atoms with Crippen LogP contribution in [0.2, 0.25) is 0 Å². The number of carbonyl (C=O) groups excluding carboxylic acids is 1. The van der Waals surface area contributed by atoms with E-state index in [0.29, 0.717) is 11.3 Å². The monoisotopic (exact) mass is 254 g/mol. The van der Waals surface area contributed by atoms with E-state index in [2.05, 4.69) is 5.32 Å². The second-order valence-electron chi connectivity index (χ2n) is 3.97. The summed E-state index contributed by atoms with van der Waals surface area (Å²) in [5, 5.41) is 11.7. The van der Waals surface area contributed by atoms with E-state index in [1.54, 1.807) is 24.3 Å². The Hall–Kier alpha value is -2.67. The van der Waals surface area contributed by atoms with E-state index in [4.69, 9.17) is 5.26 Å². The number of nitriles is 1. The molecule has 0 aliphatic heterocycles. The van der Waals surface area contributed by atoms with Crippen molar-refractivity contribution in [1.29, 1.82) is 5.26 Å². The standard InChI is InChI=1S/C15H11FN2O/c16-12-6-8-13(9-7-12)18-15(19)14(10-17)11-4-2-1-3-5-11/h1-9,14H,(H,18,19). The number of nitrogens with zero attached hydrogens (tertiary/aromatic N) is 1. The summed E-state index contributed by atoms with van der Waals surface area (Å²) in [6.45, 7) is 0. The van der Waals surface area contributed by atoms with Gasteiger partial charge in [-0.2, -0.15) is 5.26 Å². The first-order valence-corrected chi connectivity index (χ1v) is 5.71. The molecule has 0 bridgehead atoms. The molecule has 1 amide bonds. The molecule has 19 heavy (non-hydrogen) atoms. The van der Waals surface area contributed by atoms with Crippen LogP contribution in [0, 0.1) is 17.1 Å². The lowest BCUT2D eigenvalue weighted by Gasteiger charge is -2.10. The third-order valence-corrected chi connectivity index (χ3v) is 2.64. The van der Waals surface area contributed by atoms with Crippen LogP contribution in [0.4, 0.5) is 10.1 Å². The highest BCUT2D eigenvalue weighted by Crippen LogP contribution is 2.17. The van der Waals surface area contributed by atoms with Crippen LogP contribution in [0.5, 0.6) is 0 Å². The third kappa shape index (κ3) is 3.17. The van der Waals surface area contributed by atoms with Gasteiger partial charge >= 0.3 is 0 Å². The Morgan fingerprint density at radius 3 is 2.32 bits per heavy atom. The molecule has 1 atom stereocenters. The van der Waals surface area contributed by atoms with Crippen molar-refractivity contribution >= 4 is 11.6 Å². The minimum atomic E-state index is -0.883. The Kier molecular flexibility index (Phi) is 3.89. The maximum Gasteiger partial charge on any atom is 0.246 e. The molecular formula is C15H11FN2O.